The van der Waals surface area contributed by atoms with Gasteiger partial charge in [0.05, 0.1) is 0 Å². The van der Waals surface area contributed by atoms with Crippen molar-refractivity contribution >= 4 is 17.4 Å². The lowest BCUT2D eigenvalue weighted by molar-refractivity contribution is 0.802. The van der Waals surface area contributed by atoms with E-state index in [4.69, 9.17) is 5.73 Å². The zero-order valence-electron chi connectivity index (χ0n) is 8.72. The fourth-order valence-corrected chi connectivity index (χ4v) is 2.13. The molecule has 2 heteroatoms. The molecule has 1 aromatic rings. The van der Waals surface area contributed by atoms with Gasteiger partial charge in [-0.3, -0.25) is 0 Å². The van der Waals surface area contributed by atoms with Gasteiger partial charge in [0.1, 0.15) is 0 Å². The van der Waals surface area contributed by atoms with E-state index in [0.717, 1.165) is 5.69 Å². The van der Waals surface area contributed by atoms with Crippen molar-refractivity contribution in [2.45, 2.75) is 37.3 Å². The van der Waals surface area contributed by atoms with Gasteiger partial charge >= 0.3 is 0 Å². The summed E-state index contributed by atoms with van der Waals surface area (Å²) in [5.41, 5.74) is 7.79. The highest BCUT2D eigenvalue weighted by Gasteiger charge is 2.13. The number of anilines is 1. The van der Waals surface area contributed by atoms with Crippen LogP contribution in [0.15, 0.2) is 23.1 Å². The summed E-state index contributed by atoms with van der Waals surface area (Å²) < 4.78 is 0.265. The first-order valence-electron chi connectivity index (χ1n) is 4.43. The molecule has 0 heterocycles. The number of nitrogens with two attached hydrogens (primary N) is 1. The van der Waals surface area contributed by atoms with E-state index in [1.54, 1.807) is 0 Å². The molecule has 1 rings (SSSR count). The molecule has 0 unspecified atom stereocenters. The molecule has 0 atom stereocenters. The van der Waals surface area contributed by atoms with Crippen molar-refractivity contribution < 1.29 is 0 Å². The van der Waals surface area contributed by atoms with Crippen LogP contribution in [0, 0.1) is 6.92 Å². The molecule has 0 saturated heterocycles. The summed E-state index contributed by atoms with van der Waals surface area (Å²) in [7, 11) is 0. The van der Waals surface area contributed by atoms with Gasteiger partial charge in [-0.1, -0.05) is 20.8 Å². The number of nitrogen functional groups attached to an aromatic ring is 1. The Balaban J connectivity index is 2.90. The van der Waals surface area contributed by atoms with E-state index in [0.29, 0.717) is 0 Å². The molecule has 0 aliphatic heterocycles. The van der Waals surface area contributed by atoms with E-state index in [1.165, 1.54) is 10.5 Å². The number of aryl methyl sites for hydroxylation is 1. The van der Waals surface area contributed by atoms with Gasteiger partial charge in [-0.2, -0.15) is 0 Å². The third-order valence-corrected chi connectivity index (χ3v) is 2.91. The standard InChI is InChI=1S/C11H17NS/c1-8-7-9(12)5-6-10(8)13-11(2,3)4/h5-7H,12H2,1-4H3. The lowest BCUT2D eigenvalue weighted by Gasteiger charge is -2.19. The molecule has 72 valence electrons. The minimum atomic E-state index is 0.265. The van der Waals surface area contributed by atoms with Crippen LogP contribution in [-0.2, 0) is 0 Å². The lowest BCUT2D eigenvalue weighted by atomic mass is 10.2. The minimum Gasteiger partial charge on any atom is -0.399 e. The fourth-order valence-electron chi connectivity index (χ4n) is 1.12. The second-order valence-electron chi connectivity index (χ2n) is 4.24. The number of rotatable bonds is 1. The van der Waals surface area contributed by atoms with Crippen LogP contribution in [0.4, 0.5) is 5.69 Å². The van der Waals surface area contributed by atoms with E-state index in [1.807, 2.05) is 23.9 Å². The molecule has 2 N–H and O–H groups in total. The van der Waals surface area contributed by atoms with Crippen LogP contribution in [0.1, 0.15) is 26.3 Å². The summed E-state index contributed by atoms with van der Waals surface area (Å²) in [5.74, 6) is 0. The molecular weight excluding hydrogens is 178 g/mol. The maximum Gasteiger partial charge on any atom is 0.0317 e. The monoisotopic (exact) mass is 195 g/mol. The van der Waals surface area contributed by atoms with Gasteiger partial charge in [-0.15, -0.1) is 11.8 Å². The van der Waals surface area contributed by atoms with Crippen molar-refractivity contribution in [3.63, 3.8) is 0 Å². The lowest BCUT2D eigenvalue weighted by Crippen LogP contribution is -2.07. The smallest absolute Gasteiger partial charge is 0.0317 e. The van der Waals surface area contributed by atoms with Gasteiger partial charge in [-0.25, -0.2) is 0 Å². The van der Waals surface area contributed by atoms with Crippen LogP contribution in [-0.4, -0.2) is 4.75 Å². The molecule has 0 bridgehead atoms. The van der Waals surface area contributed by atoms with Gasteiger partial charge in [0.15, 0.2) is 0 Å². The van der Waals surface area contributed by atoms with Crippen LogP contribution in [0.2, 0.25) is 0 Å². The van der Waals surface area contributed by atoms with Gasteiger partial charge in [0.25, 0.3) is 0 Å². The van der Waals surface area contributed by atoms with Crippen LogP contribution in [0.3, 0.4) is 0 Å². The highest BCUT2D eigenvalue weighted by Crippen LogP contribution is 2.34. The average molecular weight is 195 g/mol. The van der Waals surface area contributed by atoms with E-state index in [2.05, 4.69) is 33.8 Å². The van der Waals surface area contributed by atoms with Gasteiger partial charge in [-0.05, 0) is 30.7 Å². The summed E-state index contributed by atoms with van der Waals surface area (Å²) in [6.07, 6.45) is 0. The van der Waals surface area contributed by atoms with Crippen molar-refractivity contribution in [1.82, 2.24) is 0 Å². The first-order valence-corrected chi connectivity index (χ1v) is 5.25. The van der Waals surface area contributed by atoms with Crippen molar-refractivity contribution in [3.05, 3.63) is 23.8 Å². The highest BCUT2D eigenvalue weighted by molar-refractivity contribution is 8.00. The molecule has 0 aliphatic rings. The second-order valence-corrected chi connectivity index (χ2v) is 6.11. The largest absolute Gasteiger partial charge is 0.399 e. The predicted molar refractivity (Wildman–Crippen MR) is 61.2 cm³/mol. The average Bonchev–Trinajstić information content (AvgIpc) is 1.93. The van der Waals surface area contributed by atoms with Crippen LogP contribution < -0.4 is 5.73 Å². The summed E-state index contributed by atoms with van der Waals surface area (Å²) >= 11 is 1.88. The van der Waals surface area contributed by atoms with Crippen LogP contribution >= 0.6 is 11.8 Å². The van der Waals surface area contributed by atoms with E-state index in [-0.39, 0.29) is 4.75 Å². The molecule has 1 aromatic carbocycles. The number of hydrogen-bond acceptors (Lipinski definition) is 2. The van der Waals surface area contributed by atoms with E-state index in [9.17, 15) is 0 Å². The highest BCUT2D eigenvalue weighted by atomic mass is 32.2. The summed E-state index contributed by atoms with van der Waals surface area (Å²) in [6, 6.07) is 6.08. The fraction of sp³-hybridized carbons (Fsp3) is 0.455. The molecule has 1 nitrogen and oxygen atoms in total. The Labute approximate surface area is 84.7 Å². The molecule has 0 amide bonds. The molecule has 0 aliphatic carbocycles. The van der Waals surface area contributed by atoms with Crippen molar-refractivity contribution in [1.29, 1.82) is 0 Å². The Morgan fingerprint density at radius 1 is 1.23 bits per heavy atom. The number of benzene rings is 1. The van der Waals surface area contributed by atoms with Gasteiger partial charge in [0, 0.05) is 15.3 Å². The number of thioether (sulfide) groups is 1. The quantitative estimate of drug-likeness (QED) is 0.548. The topological polar surface area (TPSA) is 26.0 Å². The molecule has 0 fully saturated rings. The van der Waals surface area contributed by atoms with Crippen molar-refractivity contribution in [2.75, 3.05) is 5.73 Å². The Morgan fingerprint density at radius 2 is 1.85 bits per heavy atom. The Kier molecular flexibility index (Phi) is 2.91. The van der Waals surface area contributed by atoms with Gasteiger partial charge < -0.3 is 5.73 Å². The first-order chi connectivity index (χ1) is 5.88. The maximum atomic E-state index is 5.68. The molecular formula is C11H17NS. The first kappa shape index (κ1) is 10.5. The summed E-state index contributed by atoms with van der Waals surface area (Å²) in [4.78, 5) is 1.32. The Morgan fingerprint density at radius 3 is 2.31 bits per heavy atom. The second kappa shape index (κ2) is 3.62. The van der Waals surface area contributed by atoms with Gasteiger partial charge in [0.2, 0.25) is 0 Å². The molecule has 0 aromatic heterocycles. The van der Waals surface area contributed by atoms with E-state index >= 15 is 0 Å². The number of hydrogen-bond donors (Lipinski definition) is 1. The zero-order valence-corrected chi connectivity index (χ0v) is 9.53. The molecule has 0 radical (unpaired) electrons. The summed E-state index contributed by atoms with van der Waals surface area (Å²) in [6.45, 7) is 8.75. The Hall–Kier alpha value is -0.630. The molecule has 0 saturated carbocycles. The normalized spacial score (nSPS) is 11.7. The predicted octanol–water partition coefficient (Wildman–Crippen LogP) is 3.47. The third-order valence-electron chi connectivity index (χ3n) is 1.62. The molecule has 0 spiro atoms. The molecule has 13 heavy (non-hydrogen) atoms. The van der Waals surface area contributed by atoms with E-state index < -0.39 is 0 Å². The van der Waals surface area contributed by atoms with Crippen molar-refractivity contribution in [2.24, 2.45) is 0 Å². The van der Waals surface area contributed by atoms with Crippen LogP contribution in [0.25, 0.3) is 0 Å². The maximum absolute atomic E-state index is 5.68. The Bertz CT molecular complexity index is 299. The minimum absolute atomic E-state index is 0.265. The third kappa shape index (κ3) is 3.31. The van der Waals surface area contributed by atoms with Crippen molar-refractivity contribution in [3.8, 4) is 0 Å². The van der Waals surface area contributed by atoms with Crippen LogP contribution in [0.5, 0.6) is 0 Å². The SMILES string of the molecule is Cc1cc(N)ccc1SC(C)(C)C. The zero-order chi connectivity index (χ0) is 10.1. The summed E-state index contributed by atoms with van der Waals surface area (Å²) in [5, 5.41) is 0.